The molecule has 19 heavy (non-hydrogen) atoms. The fourth-order valence-electron chi connectivity index (χ4n) is 1.37. The number of aromatic amines is 1. The molecule has 0 atom stereocenters. The lowest BCUT2D eigenvalue weighted by atomic mass is 10.2. The zero-order valence-corrected chi connectivity index (χ0v) is 9.48. The average Bonchev–Trinajstić information content (AvgIpc) is 2.36. The van der Waals surface area contributed by atoms with Crippen molar-refractivity contribution < 1.29 is 10.0 Å². The Bertz CT molecular complexity index is 694. The molecule has 2 aromatic heterocycles. The molecule has 2 heterocycles. The maximum absolute atomic E-state index is 11.4. The van der Waals surface area contributed by atoms with Gasteiger partial charge in [-0.15, -0.1) is 0 Å². The summed E-state index contributed by atoms with van der Waals surface area (Å²) in [6.45, 7) is 0. The van der Waals surface area contributed by atoms with Crippen molar-refractivity contribution in [3.8, 4) is 5.88 Å². The van der Waals surface area contributed by atoms with Crippen LogP contribution in [0.4, 0.5) is 5.69 Å². The van der Waals surface area contributed by atoms with Crippen LogP contribution in [0.15, 0.2) is 29.3 Å². The van der Waals surface area contributed by atoms with Crippen molar-refractivity contribution >= 4 is 17.8 Å². The highest BCUT2D eigenvalue weighted by Crippen LogP contribution is 2.17. The topological polar surface area (TPSA) is 122 Å². The van der Waals surface area contributed by atoms with Crippen LogP contribution < -0.4 is 5.56 Å². The molecule has 0 radical (unpaired) electrons. The summed E-state index contributed by atoms with van der Waals surface area (Å²) >= 11 is 0. The van der Waals surface area contributed by atoms with E-state index in [9.17, 15) is 20.0 Å². The second kappa shape index (κ2) is 5.08. The van der Waals surface area contributed by atoms with Crippen LogP contribution in [0.3, 0.4) is 0 Å². The summed E-state index contributed by atoms with van der Waals surface area (Å²) < 4.78 is 0. The smallest absolute Gasteiger partial charge is 0.395 e. The predicted octanol–water partition coefficient (Wildman–Crippen LogP) is 0.949. The zero-order chi connectivity index (χ0) is 13.8. The van der Waals surface area contributed by atoms with Crippen LogP contribution in [0.1, 0.15) is 11.4 Å². The molecule has 0 spiro atoms. The first kappa shape index (κ1) is 12.4. The largest absolute Gasteiger partial charge is 0.488 e. The minimum atomic E-state index is -1.01. The lowest BCUT2D eigenvalue weighted by Gasteiger charge is -1.96. The van der Waals surface area contributed by atoms with E-state index in [0.29, 0.717) is 0 Å². The Labute approximate surface area is 106 Å². The number of rotatable bonds is 3. The molecule has 0 aliphatic rings. The van der Waals surface area contributed by atoms with Gasteiger partial charge in [0.05, 0.1) is 4.92 Å². The third-order valence-electron chi connectivity index (χ3n) is 2.22. The van der Waals surface area contributed by atoms with Crippen LogP contribution in [0.5, 0.6) is 5.88 Å². The molecule has 0 aromatic carbocycles. The zero-order valence-electron chi connectivity index (χ0n) is 9.48. The third-order valence-corrected chi connectivity index (χ3v) is 2.22. The second-order valence-corrected chi connectivity index (χ2v) is 3.49. The monoisotopic (exact) mass is 260 g/mol. The molecule has 2 N–H and O–H groups in total. The number of aromatic hydroxyl groups is 1. The van der Waals surface area contributed by atoms with Crippen LogP contribution in [0.25, 0.3) is 12.2 Å². The van der Waals surface area contributed by atoms with Crippen molar-refractivity contribution in [3.63, 3.8) is 0 Å². The second-order valence-electron chi connectivity index (χ2n) is 3.49. The molecule has 0 fully saturated rings. The lowest BCUT2D eigenvalue weighted by Crippen LogP contribution is -2.14. The van der Waals surface area contributed by atoms with Gasteiger partial charge in [0.2, 0.25) is 0 Å². The highest BCUT2D eigenvalue weighted by molar-refractivity contribution is 5.66. The summed E-state index contributed by atoms with van der Waals surface area (Å²) in [7, 11) is 0. The van der Waals surface area contributed by atoms with E-state index in [-0.39, 0.29) is 5.82 Å². The van der Waals surface area contributed by atoms with Crippen LogP contribution in [0, 0.1) is 10.1 Å². The molecule has 0 aliphatic carbocycles. The van der Waals surface area contributed by atoms with Gasteiger partial charge < -0.3 is 10.1 Å². The van der Waals surface area contributed by atoms with Gasteiger partial charge in [-0.2, -0.15) is 4.98 Å². The summed E-state index contributed by atoms with van der Waals surface area (Å²) in [4.78, 5) is 30.4. The molecule has 0 amide bonds. The van der Waals surface area contributed by atoms with E-state index in [1.807, 2.05) is 0 Å². The molecule has 8 nitrogen and oxygen atoms in total. The summed E-state index contributed by atoms with van der Waals surface area (Å²) in [6.07, 6.45) is 6.21. The van der Waals surface area contributed by atoms with Gasteiger partial charge in [-0.1, -0.05) is 6.08 Å². The van der Waals surface area contributed by atoms with E-state index in [4.69, 9.17) is 0 Å². The maximum atomic E-state index is 11.4. The molecule has 0 bridgehead atoms. The van der Waals surface area contributed by atoms with Crippen LogP contribution in [0.2, 0.25) is 0 Å². The minimum absolute atomic E-state index is 0.0184. The van der Waals surface area contributed by atoms with Gasteiger partial charge in [0.1, 0.15) is 5.82 Å². The highest BCUT2D eigenvalue weighted by atomic mass is 16.6. The Morgan fingerprint density at radius 3 is 2.58 bits per heavy atom. The van der Waals surface area contributed by atoms with E-state index in [1.165, 1.54) is 6.08 Å². The summed E-state index contributed by atoms with van der Waals surface area (Å²) in [5.74, 6) is -0.895. The predicted molar refractivity (Wildman–Crippen MR) is 66.3 cm³/mol. The van der Waals surface area contributed by atoms with Crippen LogP contribution in [-0.4, -0.2) is 25.0 Å². The first-order valence-corrected chi connectivity index (χ1v) is 5.13. The van der Waals surface area contributed by atoms with Crippen LogP contribution in [-0.2, 0) is 0 Å². The van der Waals surface area contributed by atoms with Crippen molar-refractivity contribution in [2.75, 3.05) is 0 Å². The molecule has 0 saturated heterocycles. The molecule has 0 unspecified atom stereocenters. The summed E-state index contributed by atoms with van der Waals surface area (Å²) in [6, 6.07) is 3.44. The van der Waals surface area contributed by atoms with E-state index >= 15 is 0 Å². The van der Waals surface area contributed by atoms with Gasteiger partial charge >= 0.3 is 11.2 Å². The summed E-state index contributed by atoms with van der Waals surface area (Å²) in [5.41, 5.74) is -1.18. The fraction of sp³-hybridized carbons (Fsp3) is 0. The lowest BCUT2D eigenvalue weighted by molar-refractivity contribution is -0.387. The molecule has 96 valence electrons. The Kier molecular flexibility index (Phi) is 3.33. The Balaban J connectivity index is 2.36. The molecule has 2 aromatic rings. The van der Waals surface area contributed by atoms with Crippen molar-refractivity contribution in [1.82, 2.24) is 15.0 Å². The van der Waals surface area contributed by atoms with E-state index in [1.54, 1.807) is 30.6 Å². The van der Waals surface area contributed by atoms with E-state index in [2.05, 4.69) is 15.0 Å². The normalized spacial score (nSPS) is 10.7. The van der Waals surface area contributed by atoms with Gasteiger partial charge in [0.25, 0.3) is 5.88 Å². The number of nitro groups is 1. The van der Waals surface area contributed by atoms with Gasteiger partial charge in [-0.05, 0) is 23.8 Å². The Morgan fingerprint density at radius 2 is 2.00 bits per heavy atom. The van der Waals surface area contributed by atoms with Gasteiger partial charge in [0, 0.05) is 12.4 Å². The van der Waals surface area contributed by atoms with Crippen molar-refractivity contribution in [1.29, 1.82) is 0 Å². The Morgan fingerprint density at radius 1 is 1.32 bits per heavy atom. The first-order chi connectivity index (χ1) is 9.08. The average molecular weight is 260 g/mol. The highest BCUT2D eigenvalue weighted by Gasteiger charge is 2.21. The van der Waals surface area contributed by atoms with Crippen molar-refractivity contribution in [3.05, 3.63) is 56.4 Å². The van der Waals surface area contributed by atoms with Gasteiger partial charge in [-0.25, -0.2) is 0 Å². The number of nitrogens with one attached hydrogen (secondary N) is 1. The number of aromatic nitrogens is 3. The molecule has 2 rings (SSSR count). The van der Waals surface area contributed by atoms with E-state index in [0.717, 1.165) is 5.56 Å². The molecule has 8 heteroatoms. The molecular weight excluding hydrogens is 252 g/mol. The maximum Gasteiger partial charge on any atom is 0.395 e. The van der Waals surface area contributed by atoms with Crippen molar-refractivity contribution in [2.45, 2.75) is 0 Å². The molecular formula is C11H8N4O4. The first-order valence-electron chi connectivity index (χ1n) is 5.13. The molecule has 0 saturated carbocycles. The third kappa shape index (κ3) is 2.80. The Hall–Kier alpha value is -3.03. The minimum Gasteiger partial charge on any atom is -0.488 e. The number of hydrogen-bond donors (Lipinski definition) is 2. The fourth-order valence-corrected chi connectivity index (χ4v) is 1.37. The quantitative estimate of drug-likeness (QED) is 0.625. The van der Waals surface area contributed by atoms with Gasteiger partial charge in [0.15, 0.2) is 0 Å². The molecule has 0 aliphatic heterocycles. The number of nitrogens with zero attached hydrogens (tertiary/aromatic N) is 3. The SMILES string of the molecule is O=c1[nH]c(/C=C\c2ccncc2)nc(O)c1[N+](=O)[O-]. The number of H-pyrrole nitrogens is 1. The van der Waals surface area contributed by atoms with Gasteiger partial charge in [-0.3, -0.25) is 19.9 Å². The number of hydrogen-bond acceptors (Lipinski definition) is 6. The number of pyridine rings is 1. The van der Waals surface area contributed by atoms with E-state index < -0.39 is 22.0 Å². The summed E-state index contributed by atoms with van der Waals surface area (Å²) in [5, 5.41) is 19.8. The standard InChI is InChI=1S/C11H8N4O4/c16-10-9(15(18)19)11(17)14-8(13-10)2-1-7-3-5-12-6-4-7/h1-6H,(H2,13,14,16,17)/b2-1-. The van der Waals surface area contributed by atoms with Crippen LogP contribution >= 0.6 is 0 Å². The van der Waals surface area contributed by atoms with Crippen molar-refractivity contribution in [2.24, 2.45) is 0 Å².